The van der Waals surface area contributed by atoms with Gasteiger partial charge in [-0.1, -0.05) is 64.1 Å². The van der Waals surface area contributed by atoms with Crippen LogP contribution in [0.2, 0.25) is 0 Å². The molecular formula is C44H62N8O6S4. The molecule has 0 unspecified atom stereocenters. The summed E-state index contributed by atoms with van der Waals surface area (Å²) in [4.78, 5) is 73.2. The minimum Gasteiger partial charge on any atom is -0.453 e. The van der Waals surface area contributed by atoms with Gasteiger partial charge in [0.05, 0.1) is 37.3 Å². The quantitative estimate of drug-likeness (QED) is 0.0442. The van der Waals surface area contributed by atoms with E-state index in [1.807, 2.05) is 49.8 Å². The number of amides is 3. The number of imidazole rings is 2. The molecule has 14 nitrogen and oxygen atoms in total. The van der Waals surface area contributed by atoms with Crippen LogP contribution in [-0.2, 0) is 36.9 Å². The normalized spacial score (nSPS) is 17.0. The van der Waals surface area contributed by atoms with E-state index >= 15 is 0 Å². The fourth-order valence-electron chi connectivity index (χ4n) is 8.28. The van der Waals surface area contributed by atoms with E-state index in [9.17, 15) is 14.4 Å². The van der Waals surface area contributed by atoms with E-state index in [1.54, 1.807) is 0 Å². The molecular weight excluding hydrogens is 865 g/mol. The van der Waals surface area contributed by atoms with Crippen molar-refractivity contribution in [2.24, 2.45) is 16.8 Å². The van der Waals surface area contributed by atoms with E-state index in [0.717, 1.165) is 83.4 Å². The number of nitrogens with zero attached hydrogens (tertiary/aromatic N) is 5. The molecule has 0 spiro atoms. The van der Waals surface area contributed by atoms with Crippen molar-refractivity contribution in [3.63, 3.8) is 0 Å². The number of aromatic nitrogens is 4. The first-order valence-electron chi connectivity index (χ1n) is 20.3. The number of alkyl carbamates (subject to hydrolysis) is 1. The molecule has 2 aliphatic heterocycles. The van der Waals surface area contributed by atoms with Crippen molar-refractivity contribution in [3.8, 4) is 11.1 Å². The number of methoxy groups -OCH3 is 1. The summed E-state index contributed by atoms with van der Waals surface area (Å²) in [7, 11) is 2.70. The summed E-state index contributed by atoms with van der Waals surface area (Å²) in [5.41, 5.74) is 6.22. The van der Waals surface area contributed by atoms with Crippen LogP contribution in [0.1, 0.15) is 88.4 Å². The van der Waals surface area contributed by atoms with Crippen LogP contribution in [0.25, 0.3) is 32.9 Å². The smallest absolute Gasteiger partial charge is 0.407 e. The van der Waals surface area contributed by atoms with Crippen LogP contribution in [0.4, 0.5) is 4.79 Å². The molecule has 2 saturated heterocycles. The summed E-state index contributed by atoms with van der Waals surface area (Å²) >= 11 is 0. The number of aliphatic imine (C=N–C) groups is 1. The Hall–Kier alpha value is -4.36. The second kappa shape index (κ2) is 23.4. The van der Waals surface area contributed by atoms with E-state index in [-0.39, 0.29) is 89.7 Å². The van der Waals surface area contributed by atoms with Gasteiger partial charge in [-0.15, -0.1) is 0 Å². The maximum Gasteiger partial charge on any atom is 0.407 e. The Kier molecular flexibility index (Phi) is 19.6. The third-order valence-electron chi connectivity index (χ3n) is 11.4. The Morgan fingerprint density at radius 3 is 2.13 bits per heavy atom. The van der Waals surface area contributed by atoms with Crippen molar-refractivity contribution in [1.29, 1.82) is 0 Å². The van der Waals surface area contributed by atoms with Gasteiger partial charge in [-0.25, -0.2) is 19.8 Å². The number of carbonyl (C=O) groups is 3. The fraction of sp³-hybridized carbons (Fsp3) is 0.455. The Labute approximate surface area is 391 Å². The average molecular weight is 927 g/mol. The standard InChI is InChI=1S/C44H54N8O6.4H2S/c1-26(2)38(46-25-58-57-6)42(53)52-20-8-10-37(52)41-48-34-18-16-32(23-35(34)49-41)31-15-14-29-21-28(11-13-30(29)22-31)12-17-33-24-45-40(47-33)36-9-7-19-51(36)43(54)39(27(3)4)50-44(55)56-5;;;;/h11,13-16,18,21-27,36-39H,7-10,12,17,19-20H2,1-6H3,(H,45,47)(H,48,49)(H,50,55);4*1H2/t36-,37-,38-,39-;;;;/m0..../s1. The third-order valence-corrected chi connectivity index (χ3v) is 11.4. The second-order valence-electron chi connectivity index (χ2n) is 16.0. The van der Waals surface area contributed by atoms with Gasteiger partial charge in [0, 0.05) is 25.0 Å². The van der Waals surface area contributed by atoms with Gasteiger partial charge in [0.25, 0.3) is 0 Å². The van der Waals surface area contributed by atoms with E-state index in [0.29, 0.717) is 13.1 Å². The summed E-state index contributed by atoms with van der Waals surface area (Å²) < 4.78 is 4.76. The lowest BCUT2D eigenvalue weighted by molar-refractivity contribution is -0.188. The monoisotopic (exact) mass is 926 g/mol. The zero-order valence-electron chi connectivity index (χ0n) is 36.2. The lowest BCUT2D eigenvalue weighted by atomic mass is 9.98. The fourth-order valence-corrected chi connectivity index (χ4v) is 8.28. The largest absolute Gasteiger partial charge is 0.453 e. The minimum absolute atomic E-state index is 0. The van der Waals surface area contributed by atoms with Crippen LogP contribution in [0.15, 0.2) is 65.8 Å². The molecule has 3 amide bonds. The van der Waals surface area contributed by atoms with E-state index < -0.39 is 18.2 Å². The molecule has 62 heavy (non-hydrogen) atoms. The van der Waals surface area contributed by atoms with Crippen molar-refractivity contribution < 1.29 is 28.9 Å². The maximum absolute atomic E-state index is 13.6. The summed E-state index contributed by atoms with van der Waals surface area (Å²) in [5.74, 6) is 1.31. The van der Waals surface area contributed by atoms with Gasteiger partial charge in [-0.3, -0.25) is 9.59 Å². The molecule has 4 heterocycles. The van der Waals surface area contributed by atoms with Crippen LogP contribution < -0.4 is 5.32 Å². The number of aromatic amines is 2. The van der Waals surface area contributed by atoms with Gasteiger partial charge in [0.2, 0.25) is 18.2 Å². The first-order chi connectivity index (χ1) is 28.0. The van der Waals surface area contributed by atoms with Crippen LogP contribution >= 0.6 is 54.0 Å². The molecule has 0 radical (unpaired) electrons. The number of nitrogens with one attached hydrogen (secondary N) is 3. The summed E-state index contributed by atoms with van der Waals surface area (Å²) in [6.07, 6.45) is 7.48. The topological polar surface area (TPSA) is 167 Å². The summed E-state index contributed by atoms with van der Waals surface area (Å²) in [6.45, 7) is 9.04. The van der Waals surface area contributed by atoms with Crippen LogP contribution in [-0.4, -0.2) is 93.4 Å². The number of likely N-dealkylation sites (tertiary alicyclic amines) is 2. The Morgan fingerprint density at radius 1 is 0.806 bits per heavy atom. The molecule has 0 aliphatic carbocycles. The molecule has 2 aromatic heterocycles. The summed E-state index contributed by atoms with van der Waals surface area (Å²) in [5, 5.41) is 5.03. The molecule has 7 rings (SSSR count). The number of carbonyl (C=O) groups excluding carboxylic acids is 3. The second-order valence-corrected chi connectivity index (χ2v) is 16.0. The van der Waals surface area contributed by atoms with Crippen LogP contribution in [0.3, 0.4) is 0 Å². The average Bonchev–Trinajstić information content (AvgIpc) is 4.06. The molecule has 4 atom stereocenters. The number of ether oxygens (including phenoxy) is 1. The highest BCUT2D eigenvalue weighted by atomic mass is 32.1. The molecule has 0 bridgehead atoms. The van der Waals surface area contributed by atoms with Gasteiger partial charge >= 0.3 is 6.09 Å². The number of hydrogen-bond acceptors (Lipinski definition) is 9. The Balaban J connectivity index is 0.00000256. The minimum atomic E-state index is -0.666. The molecule has 18 heteroatoms. The Bertz CT molecular complexity index is 2300. The molecule has 2 aliphatic rings. The SMILES string of the molecule is COOC=N[C@H](C(=O)N1CCC[C@H]1c1nc2ccc(-c3ccc4cc(CCc5cnc([C@@H]6CCCN6C(=O)[C@@H](NC(=O)OC)C(C)C)[nH]5)ccc4c3)cc2[nH]1)C(C)C.S.S.S.S. The van der Waals surface area contributed by atoms with Gasteiger partial charge in [0.15, 0.2) is 0 Å². The first-order valence-corrected chi connectivity index (χ1v) is 20.3. The van der Waals surface area contributed by atoms with Crippen molar-refractivity contribution in [1.82, 2.24) is 35.1 Å². The molecule has 338 valence electrons. The zero-order chi connectivity index (χ0) is 40.9. The van der Waals surface area contributed by atoms with E-state index in [1.165, 1.54) is 31.6 Å². The molecule has 0 saturated carbocycles. The van der Waals surface area contributed by atoms with Gasteiger partial charge < -0.3 is 34.7 Å². The third kappa shape index (κ3) is 11.6. The van der Waals surface area contributed by atoms with Gasteiger partial charge in [0.1, 0.15) is 23.7 Å². The highest BCUT2D eigenvalue weighted by Gasteiger charge is 2.38. The lowest BCUT2D eigenvalue weighted by Crippen LogP contribution is -2.51. The van der Waals surface area contributed by atoms with Gasteiger partial charge in [-0.2, -0.15) is 58.9 Å². The number of rotatable bonds is 14. The van der Waals surface area contributed by atoms with E-state index in [2.05, 4.69) is 73.7 Å². The number of benzene rings is 3. The van der Waals surface area contributed by atoms with Crippen LogP contribution in [0, 0.1) is 11.8 Å². The van der Waals surface area contributed by atoms with Crippen molar-refractivity contribution in [2.75, 3.05) is 27.3 Å². The Morgan fingerprint density at radius 2 is 1.45 bits per heavy atom. The van der Waals surface area contributed by atoms with Crippen molar-refractivity contribution in [2.45, 2.75) is 90.4 Å². The van der Waals surface area contributed by atoms with Crippen molar-refractivity contribution in [3.05, 3.63) is 83.7 Å². The maximum atomic E-state index is 13.6. The zero-order valence-corrected chi connectivity index (χ0v) is 40.2. The number of H-pyrrole nitrogens is 2. The van der Waals surface area contributed by atoms with E-state index in [4.69, 9.17) is 19.6 Å². The molecule has 3 aromatic carbocycles. The van der Waals surface area contributed by atoms with Crippen molar-refractivity contribution >= 4 is 100 Å². The van der Waals surface area contributed by atoms with Gasteiger partial charge in [-0.05, 0) is 96.0 Å². The predicted octanol–water partition coefficient (Wildman–Crippen LogP) is 7.68. The predicted molar refractivity (Wildman–Crippen MR) is 263 cm³/mol. The number of fused-ring (bicyclic) bond motifs is 2. The number of aryl methyl sites for hydroxylation is 2. The molecule has 5 aromatic rings. The molecule has 2 fully saturated rings. The lowest BCUT2D eigenvalue weighted by Gasteiger charge is -2.30. The highest BCUT2D eigenvalue weighted by molar-refractivity contribution is 7.59. The summed E-state index contributed by atoms with van der Waals surface area (Å²) in [6, 6.07) is 17.9. The molecule has 3 N–H and O–H groups in total. The highest BCUT2D eigenvalue weighted by Crippen LogP contribution is 2.35. The van der Waals surface area contributed by atoms with Crippen LogP contribution in [0.5, 0.6) is 0 Å². The number of hydrogen-bond donors (Lipinski definition) is 3. The first kappa shape index (κ1) is 52.0.